The van der Waals surface area contributed by atoms with E-state index < -0.39 is 36.8 Å². The van der Waals surface area contributed by atoms with Crippen LogP contribution in [-0.2, 0) is 4.79 Å². The molecule has 40 heavy (non-hydrogen) atoms. The maximum absolute atomic E-state index is 15.8. The molecule has 1 atom stereocenters. The van der Waals surface area contributed by atoms with Crippen LogP contribution < -0.4 is 31.0 Å². The van der Waals surface area contributed by atoms with Crippen molar-refractivity contribution in [2.24, 2.45) is 5.73 Å². The summed E-state index contributed by atoms with van der Waals surface area (Å²) in [7, 11) is 1.36. The fourth-order valence-corrected chi connectivity index (χ4v) is 3.74. The number of ether oxygens (including phenoxy) is 3. The van der Waals surface area contributed by atoms with Crippen LogP contribution >= 0.6 is 0 Å². The molecule has 0 saturated carbocycles. The van der Waals surface area contributed by atoms with Crippen LogP contribution in [0.25, 0.3) is 5.82 Å². The third-order valence-electron chi connectivity index (χ3n) is 5.44. The molecule has 0 unspecified atom stereocenters. The Bertz CT molecular complexity index is 1590. The fraction of sp³-hybridized carbons (Fsp3) is 0.200. The van der Waals surface area contributed by atoms with Crippen molar-refractivity contribution in [3.05, 3.63) is 81.9 Å². The molecule has 2 aromatic heterocycles. The van der Waals surface area contributed by atoms with Gasteiger partial charge in [-0.3, -0.25) is 15.2 Å². The number of alkyl halides is 1. The molecule has 0 radical (unpaired) electrons. The van der Waals surface area contributed by atoms with E-state index in [1.54, 1.807) is 6.07 Å². The van der Waals surface area contributed by atoms with E-state index in [-0.39, 0.29) is 51.5 Å². The Morgan fingerprint density at radius 3 is 2.70 bits per heavy atom. The van der Waals surface area contributed by atoms with Crippen LogP contribution in [0.2, 0.25) is 0 Å². The Balaban J connectivity index is 1.88. The Morgan fingerprint density at radius 1 is 1.25 bits per heavy atom. The normalized spacial score (nSPS) is 11.5. The largest absolute Gasteiger partial charge is 0.497 e. The summed E-state index contributed by atoms with van der Waals surface area (Å²) in [5.41, 5.74) is 5.26. The SMILES string of the molecule is COc1cc(OCCF)c(F)c([C@H](Nc2ccc(C(=N)N)c(OC(C)=O)c2)c2nn(-c3cccnn3)c(=O)[nH]2)c1. The lowest BCUT2D eigenvalue weighted by atomic mass is 10.0. The first-order chi connectivity index (χ1) is 19.2. The molecule has 13 nitrogen and oxygen atoms in total. The number of hydrogen-bond donors (Lipinski definition) is 4. The number of methoxy groups -OCH3 is 1. The number of nitrogen functional groups attached to an aromatic ring is 1. The number of H-pyrrole nitrogens is 1. The maximum atomic E-state index is 15.8. The molecule has 2 aromatic carbocycles. The number of nitrogens with zero attached hydrogens (tertiary/aromatic N) is 4. The van der Waals surface area contributed by atoms with Crippen molar-refractivity contribution in [2.45, 2.75) is 13.0 Å². The van der Waals surface area contributed by atoms with Gasteiger partial charge < -0.3 is 25.3 Å². The third-order valence-corrected chi connectivity index (χ3v) is 5.44. The quantitative estimate of drug-likeness (QED) is 0.0928. The molecule has 0 spiro atoms. The minimum absolute atomic E-state index is 0.0274. The molecule has 15 heteroatoms. The number of benzene rings is 2. The molecule has 0 aliphatic carbocycles. The van der Waals surface area contributed by atoms with Gasteiger partial charge in [0.2, 0.25) is 0 Å². The average molecular weight is 555 g/mol. The summed E-state index contributed by atoms with van der Waals surface area (Å²) in [5, 5.41) is 22.7. The van der Waals surface area contributed by atoms with Gasteiger partial charge in [0.05, 0.1) is 12.7 Å². The topological polar surface area (TPSA) is 183 Å². The van der Waals surface area contributed by atoms with Crippen molar-refractivity contribution >= 4 is 17.5 Å². The summed E-state index contributed by atoms with van der Waals surface area (Å²) < 4.78 is 45.3. The minimum Gasteiger partial charge on any atom is -0.497 e. The van der Waals surface area contributed by atoms with Crippen molar-refractivity contribution in [3.63, 3.8) is 0 Å². The van der Waals surface area contributed by atoms with Crippen molar-refractivity contribution in [1.82, 2.24) is 25.0 Å². The van der Waals surface area contributed by atoms with Gasteiger partial charge in [0, 0.05) is 36.5 Å². The third kappa shape index (κ3) is 6.03. The van der Waals surface area contributed by atoms with Crippen LogP contribution in [-0.4, -0.2) is 57.2 Å². The fourth-order valence-electron chi connectivity index (χ4n) is 3.74. The van der Waals surface area contributed by atoms with Gasteiger partial charge in [-0.05, 0) is 30.3 Å². The summed E-state index contributed by atoms with van der Waals surface area (Å²) >= 11 is 0. The Labute approximate surface area is 225 Å². The monoisotopic (exact) mass is 554 g/mol. The number of amidine groups is 1. The number of esters is 1. The lowest BCUT2D eigenvalue weighted by molar-refractivity contribution is -0.131. The zero-order valence-corrected chi connectivity index (χ0v) is 21.3. The molecule has 0 fully saturated rings. The number of nitrogens with one attached hydrogen (secondary N) is 3. The van der Waals surface area contributed by atoms with Crippen LogP contribution in [0.1, 0.15) is 29.9 Å². The first-order valence-corrected chi connectivity index (χ1v) is 11.7. The smallest absolute Gasteiger partial charge is 0.349 e. The van der Waals surface area contributed by atoms with Crippen molar-refractivity contribution in [3.8, 4) is 23.1 Å². The summed E-state index contributed by atoms with van der Waals surface area (Å²) in [6.07, 6.45) is 1.42. The summed E-state index contributed by atoms with van der Waals surface area (Å²) in [4.78, 5) is 27.1. The van der Waals surface area contributed by atoms with E-state index in [0.29, 0.717) is 0 Å². The zero-order chi connectivity index (χ0) is 28.8. The predicted molar refractivity (Wildman–Crippen MR) is 138 cm³/mol. The summed E-state index contributed by atoms with van der Waals surface area (Å²) in [6, 6.07) is 8.78. The van der Waals surface area contributed by atoms with E-state index in [1.165, 1.54) is 56.6 Å². The molecule has 2 heterocycles. The Morgan fingerprint density at radius 2 is 2.05 bits per heavy atom. The predicted octanol–water partition coefficient (Wildman–Crippen LogP) is 2.26. The van der Waals surface area contributed by atoms with Gasteiger partial charge in [0.25, 0.3) is 0 Å². The molecule has 0 amide bonds. The molecule has 0 aliphatic rings. The number of carbonyl (C=O) groups excluding carboxylic acids is 1. The van der Waals surface area contributed by atoms with Gasteiger partial charge in [-0.1, -0.05) is 0 Å². The number of nitrogens with two attached hydrogens (primary N) is 1. The van der Waals surface area contributed by atoms with Gasteiger partial charge in [0.1, 0.15) is 36.7 Å². The van der Waals surface area contributed by atoms with E-state index in [9.17, 15) is 14.0 Å². The molecule has 4 rings (SSSR count). The first kappa shape index (κ1) is 27.7. The van der Waals surface area contributed by atoms with Crippen LogP contribution in [0.3, 0.4) is 0 Å². The van der Waals surface area contributed by atoms with Crippen LogP contribution in [0.4, 0.5) is 14.5 Å². The van der Waals surface area contributed by atoms with Crippen LogP contribution in [0.5, 0.6) is 17.2 Å². The highest BCUT2D eigenvalue weighted by Gasteiger charge is 2.27. The van der Waals surface area contributed by atoms with Crippen molar-refractivity contribution in [2.75, 3.05) is 25.7 Å². The van der Waals surface area contributed by atoms with Gasteiger partial charge >= 0.3 is 11.7 Å². The molecule has 0 bridgehead atoms. The highest BCUT2D eigenvalue weighted by molar-refractivity contribution is 5.98. The highest BCUT2D eigenvalue weighted by atomic mass is 19.1. The number of rotatable bonds is 11. The number of aromatic nitrogens is 5. The lowest BCUT2D eigenvalue weighted by Gasteiger charge is -2.21. The van der Waals surface area contributed by atoms with Crippen molar-refractivity contribution < 1.29 is 27.8 Å². The molecule has 0 aliphatic heterocycles. The number of anilines is 1. The zero-order valence-electron chi connectivity index (χ0n) is 21.3. The van der Waals surface area contributed by atoms with E-state index in [2.05, 4.69) is 25.6 Å². The van der Waals surface area contributed by atoms with Crippen LogP contribution in [0.15, 0.2) is 53.5 Å². The second-order valence-electron chi connectivity index (χ2n) is 8.17. The van der Waals surface area contributed by atoms with Gasteiger partial charge in [0.15, 0.2) is 23.2 Å². The Kier molecular flexibility index (Phi) is 8.32. The second-order valence-corrected chi connectivity index (χ2v) is 8.17. The molecular formula is C25H24F2N8O5. The number of halogens is 2. The summed E-state index contributed by atoms with van der Waals surface area (Å²) in [5.74, 6) is -1.96. The molecule has 0 saturated heterocycles. The standard InChI is InChI=1S/C25H24F2N8O5/c1-13(36)40-18-10-14(5-6-16(18)23(28)29)31-22(17-11-15(38-2)12-19(21(17)27)39-9-7-26)24-32-25(37)35(34-24)20-4-3-8-30-33-20/h3-6,8,10-12,22,31H,7,9H2,1-2H3,(H3,28,29)(H,32,34,37)/t22-/m0/s1. The molecular weight excluding hydrogens is 530 g/mol. The van der Waals surface area contributed by atoms with Gasteiger partial charge in [-0.15, -0.1) is 10.2 Å². The first-order valence-electron chi connectivity index (χ1n) is 11.7. The molecule has 4 aromatic rings. The minimum atomic E-state index is -1.21. The van der Waals surface area contributed by atoms with E-state index in [1.807, 2.05) is 0 Å². The highest BCUT2D eigenvalue weighted by Crippen LogP contribution is 2.35. The number of hydrogen-bond acceptors (Lipinski definition) is 10. The average Bonchev–Trinajstić information content (AvgIpc) is 3.32. The maximum Gasteiger partial charge on any atom is 0.349 e. The Hall–Kier alpha value is -5.34. The van der Waals surface area contributed by atoms with Crippen LogP contribution in [0, 0.1) is 11.2 Å². The van der Waals surface area contributed by atoms with Crippen molar-refractivity contribution in [1.29, 1.82) is 5.41 Å². The summed E-state index contributed by atoms with van der Waals surface area (Å²) in [6.45, 7) is -0.0792. The van der Waals surface area contributed by atoms with Gasteiger partial charge in [-0.2, -0.15) is 9.78 Å². The number of carbonyl (C=O) groups is 1. The van der Waals surface area contributed by atoms with E-state index in [0.717, 1.165) is 4.68 Å². The van der Waals surface area contributed by atoms with E-state index in [4.69, 9.17) is 25.4 Å². The number of aromatic amines is 1. The second kappa shape index (κ2) is 12.0. The molecule has 5 N–H and O–H groups in total. The lowest BCUT2D eigenvalue weighted by Crippen LogP contribution is -2.18. The molecule has 208 valence electrons. The van der Waals surface area contributed by atoms with Gasteiger partial charge in [-0.25, -0.2) is 13.6 Å². The van der Waals surface area contributed by atoms with E-state index >= 15 is 4.39 Å².